The van der Waals surface area contributed by atoms with Gasteiger partial charge in [-0.15, -0.1) is 0 Å². The monoisotopic (exact) mass is 955 g/mol. The molecule has 22 nitrogen and oxygen atoms in total. The Kier molecular flexibility index (Phi) is 14.5. The normalized spacial score (nSPS) is 17.3. The molecule has 0 radical (unpaired) electrons. The van der Waals surface area contributed by atoms with E-state index in [0.29, 0.717) is 57.4 Å². The molecule has 2 aromatic carbocycles. The van der Waals surface area contributed by atoms with Gasteiger partial charge in [-0.1, -0.05) is 37.3 Å². The first-order valence-corrected chi connectivity index (χ1v) is 21.9. The van der Waals surface area contributed by atoms with Crippen molar-refractivity contribution in [1.29, 1.82) is 0 Å². The molecule has 2 aliphatic heterocycles. The lowest BCUT2D eigenvalue weighted by Gasteiger charge is -2.31. The predicted molar refractivity (Wildman–Crippen MR) is 238 cm³/mol. The highest BCUT2D eigenvalue weighted by Crippen LogP contribution is 2.46. The van der Waals surface area contributed by atoms with E-state index in [-0.39, 0.29) is 42.6 Å². The number of nitrogens with zero attached hydrogens (tertiary/aromatic N) is 3. The molecule has 0 saturated carbocycles. The summed E-state index contributed by atoms with van der Waals surface area (Å²) < 4.78 is 27.8. The molecule has 10 N–H and O–H groups in total. The molecular weight excluding hydrogens is 906 g/mol. The molecule has 0 spiro atoms. The number of nitrogens with two attached hydrogens (primary N) is 2. The number of rotatable bonds is 19. The van der Waals surface area contributed by atoms with Gasteiger partial charge in [0.05, 0.1) is 60.6 Å². The van der Waals surface area contributed by atoms with Gasteiger partial charge in [0.2, 0.25) is 35.4 Å². The number of primary amides is 1. The van der Waals surface area contributed by atoms with Crippen molar-refractivity contribution >= 4 is 58.3 Å². The zero-order valence-electron chi connectivity index (χ0n) is 37.5. The predicted octanol–water partition coefficient (Wildman–Crippen LogP) is -1.32. The van der Waals surface area contributed by atoms with Crippen LogP contribution in [-0.2, 0) is 79.4 Å². The molecule has 0 saturated heterocycles. The average molecular weight is 956 g/mol. The number of fused-ring (bicyclic) bond motifs is 5. The maximum atomic E-state index is 15.4. The number of carbonyl (C=O) groups is 8. The Morgan fingerprint density at radius 1 is 1.03 bits per heavy atom. The van der Waals surface area contributed by atoms with Crippen LogP contribution in [0.3, 0.4) is 0 Å². The number of carbonyl (C=O) groups excluding carboxylic acids is 7. The molecule has 7 rings (SSSR count). The zero-order valence-corrected chi connectivity index (χ0v) is 37.5. The number of aromatic nitrogens is 2. The number of carboxylic acids is 1. The third kappa shape index (κ3) is 10.3. The van der Waals surface area contributed by atoms with Gasteiger partial charge in [-0.25, -0.2) is 14.2 Å². The molecule has 6 amide bonds. The first-order valence-electron chi connectivity index (χ1n) is 21.9. The van der Waals surface area contributed by atoms with Crippen LogP contribution in [0, 0.1) is 12.7 Å². The highest BCUT2D eigenvalue weighted by atomic mass is 19.1. The molecule has 2 aromatic heterocycles. The lowest BCUT2D eigenvalue weighted by molar-refractivity contribution is -0.172. The van der Waals surface area contributed by atoms with Gasteiger partial charge < -0.3 is 61.9 Å². The van der Waals surface area contributed by atoms with E-state index in [1.165, 1.54) is 16.7 Å². The van der Waals surface area contributed by atoms with E-state index in [1.807, 2.05) is 0 Å². The number of hydrogen-bond donors (Lipinski definition) is 8. The molecule has 23 heteroatoms. The summed E-state index contributed by atoms with van der Waals surface area (Å²) in [5.41, 5.74) is 12.3. The van der Waals surface area contributed by atoms with Crippen molar-refractivity contribution in [2.75, 3.05) is 33.0 Å². The van der Waals surface area contributed by atoms with Gasteiger partial charge in [0.15, 0.2) is 5.60 Å². The van der Waals surface area contributed by atoms with Crippen LogP contribution in [0.5, 0.6) is 0 Å². The molecule has 69 heavy (non-hydrogen) atoms. The summed E-state index contributed by atoms with van der Waals surface area (Å²) >= 11 is 0. The van der Waals surface area contributed by atoms with Crippen LogP contribution in [-0.4, -0.2) is 117 Å². The van der Waals surface area contributed by atoms with Crippen molar-refractivity contribution in [3.63, 3.8) is 0 Å². The van der Waals surface area contributed by atoms with Crippen LogP contribution in [0.25, 0.3) is 22.3 Å². The number of carboxylic acid groups (broad SMARTS) is 1. The molecule has 4 aromatic rings. The van der Waals surface area contributed by atoms with Gasteiger partial charge in [0, 0.05) is 29.0 Å². The molecule has 1 aliphatic carbocycles. The minimum Gasteiger partial charge on any atom is -0.481 e. The Morgan fingerprint density at radius 2 is 1.75 bits per heavy atom. The summed E-state index contributed by atoms with van der Waals surface area (Å²) in [6, 6.07) is 7.85. The molecule has 0 unspecified atom stereocenters. The minimum absolute atomic E-state index is 0.00705. The SMILES string of the molecule is CC[C@@]1(O)C(=O)OCc2c1cc1n(c2=O)Cc2c-1nc1cc(F)c(C)c3c1c2[C@@H](NC(=O)COCN(CC(N)=O)C(=O)[C@H](Cc1ccccc1)NC(=O)CNC(=O)CNC(=O)[C@@H](N)CC(=O)O)CC3. The third-order valence-corrected chi connectivity index (χ3v) is 12.4. The molecule has 4 heterocycles. The van der Waals surface area contributed by atoms with Crippen LogP contribution in [0.1, 0.15) is 71.2 Å². The third-order valence-electron chi connectivity index (χ3n) is 12.4. The number of aliphatic hydroxyl groups is 1. The van der Waals surface area contributed by atoms with Crippen molar-refractivity contribution in [2.45, 2.75) is 82.8 Å². The lowest BCUT2D eigenvalue weighted by Crippen LogP contribution is -2.54. The number of nitrogens with one attached hydrogen (secondary N) is 4. The Labute approximate surface area is 391 Å². The number of aryl methyl sites for hydroxylation is 1. The number of esters is 1. The Hall–Kier alpha value is -7.63. The second-order valence-electron chi connectivity index (χ2n) is 17.0. The summed E-state index contributed by atoms with van der Waals surface area (Å²) in [7, 11) is 0. The number of amides is 6. The topological polar surface area (TPSA) is 334 Å². The van der Waals surface area contributed by atoms with Crippen molar-refractivity contribution < 1.29 is 62.4 Å². The molecule has 4 atom stereocenters. The van der Waals surface area contributed by atoms with Crippen LogP contribution >= 0.6 is 0 Å². The van der Waals surface area contributed by atoms with E-state index >= 15 is 4.39 Å². The number of ether oxygens (including phenoxy) is 2. The fourth-order valence-electron chi connectivity index (χ4n) is 8.90. The number of aliphatic carboxylic acids is 1. The summed E-state index contributed by atoms with van der Waals surface area (Å²) in [5, 5.41) is 30.7. The second kappa shape index (κ2) is 20.3. The zero-order chi connectivity index (χ0) is 49.9. The van der Waals surface area contributed by atoms with E-state index in [9.17, 15) is 48.3 Å². The van der Waals surface area contributed by atoms with Gasteiger partial charge in [-0.2, -0.15) is 0 Å². The maximum Gasteiger partial charge on any atom is 0.343 e. The van der Waals surface area contributed by atoms with Crippen LogP contribution in [0.4, 0.5) is 4.39 Å². The molecule has 0 fully saturated rings. The highest BCUT2D eigenvalue weighted by molar-refractivity contribution is 5.95. The average Bonchev–Trinajstić information content (AvgIpc) is 3.68. The highest BCUT2D eigenvalue weighted by Gasteiger charge is 2.46. The van der Waals surface area contributed by atoms with Gasteiger partial charge in [-0.05, 0) is 54.5 Å². The summed E-state index contributed by atoms with van der Waals surface area (Å²) in [4.78, 5) is 121. The minimum atomic E-state index is -2.08. The molecular formula is C46H50FN9O13. The van der Waals surface area contributed by atoms with Gasteiger partial charge >= 0.3 is 11.9 Å². The quantitative estimate of drug-likeness (QED) is 0.0352. The smallest absolute Gasteiger partial charge is 0.343 e. The van der Waals surface area contributed by atoms with Crippen LogP contribution in [0.2, 0.25) is 0 Å². The molecule has 0 bridgehead atoms. The summed E-state index contributed by atoms with van der Waals surface area (Å²) in [6.45, 7) is -0.355. The van der Waals surface area contributed by atoms with Gasteiger partial charge in [0.1, 0.15) is 38.3 Å². The molecule has 3 aliphatic rings. The van der Waals surface area contributed by atoms with Crippen LogP contribution < -0.4 is 38.3 Å². The van der Waals surface area contributed by atoms with E-state index in [0.717, 1.165) is 4.90 Å². The lowest BCUT2D eigenvalue weighted by atomic mass is 9.81. The van der Waals surface area contributed by atoms with E-state index in [2.05, 4.69) is 21.3 Å². The van der Waals surface area contributed by atoms with Crippen molar-refractivity contribution in [3.8, 4) is 11.4 Å². The standard InChI is InChI=1S/C46H50FN9O13/c1-3-46(67)27-12-33-41-25(17-56(33)43(64)26(27)19-69-45(46)66)40-30(10-9-24-22(2)28(47)13-31(54-41)39(24)40)52-37(60)20-68-21-55(18-34(49)57)44(65)32(11-23-7-5-4-6-8-23)53-36(59)16-50-35(58)15-51-42(63)29(48)14-38(61)62/h4-8,12-13,29-30,32,67H,3,9-11,14-21,48H2,1-2H3,(H2,49,57)(H,50,58)(H,51,63)(H,52,60)(H,53,59)(H,61,62)/t29-,30-,32-,46-/m0/s1. The number of pyridine rings is 2. The maximum absolute atomic E-state index is 15.4. The number of halogens is 1. The van der Waals surface area contributed by atoms with E-state index in [4.69, 9.17) is 31.0 Å². The van der Waals surface area contributed by atoms with Crippen molar-refractivity contribution in [1.82, 2.24) is 35.7 Å². The largest absolute Gasteiger partial charge is 0.481 e. The second-order valence-corrected chi connectivity index (χ2v) is 17.0. The van der Waals surface area contributed by atoms with Crippen molar-refractivity contribution in [2.24, 2.45) is 11.5 Å². The Morgan fingerprint density at radius 3 is 2.45 bits per heavy atom. The van der Waals surface area contributed by atoms with E-state index in [1.54, 1.807) is 44.2 Å². The Balaban J connectivity index is 1.06. The van der Waals surface area contributed by atoms with E-state index < -0.39 is 122 Å². The summed E-state index contributed by atoms with van der Waals surface area (Å²) in [5.74, 6) is -7.70. The van der Waals surface area contributed by atoms with Crippen LogP contribution in [0.15, 0.2) is 47.3 Å². The summed E-state index contributed by atoms with van der Waals surface area (Å²) in [6.07, 6.45) is -0.181. The van der Waals surface area contributed by atoms with Crippen molar-refractivity contribution in [3.05, 3.63) is 97.6 Å². The number of cyclic esters (lactones) is 1. The Bertz CT molecular complexity index is 2860. The fraction of sp³-hybridized carbons (Fsp3) is 0.391. The number of hydrogen-bond acceptors (Lipinski definition) is 14. The van der Waals surface area contributed by atoms with Gasteiger partial charge in [0.25, 0.3) is 5.56 Å². The fourth-order valence-corrected chi connectivity index (χ4v) is 8.90. The first kappa shape index (κ1) is 49.3. The van der Waals surface area contributed by atoms with Gasteiger partial charge in [-0.3, -0.25) is 38.4 Å². The first-order chi connectivity index (χ1) is 32.8. The number of benzene rings is 2. The molecule has 364 valence electrons.